The monoisotopic (exact) mass is 311 g/mol. The molecule has 1 aliphatic rings. The number of nitrogens with zero attached hydrogens (tertiary/aromatic N) is 2. The highest BCUT2D eigenvalue weighted by Crippen LogP contribution is 2.44. The van der Waals surface area contributed by atoms with Crippen LogP contribution in [-0.2, 0) is 0 Å². The van der Waals surface area contributed by atoms with Crippen LogP contribution >= 0.6 is 34.3 Å². The fourth-order valence-corrected chi connectivity index (χ4v) is 4.60. The predicted molar refractivity (Wildman–Crippen MR) is 77.7 cm³/mol. The topological polar surface area (TPSA) is 64.9 Å². The molecule has 19 heavy (non-hydrogen) atoms. The molecular weight excluding hydrogens is 302 g/mol. The average molecular weight is 312 g/mol. The number of hydrogen-bond donors (Lipinski definition) is 1. The van der Waals surface area contributed by atoms with Crippen molar-refractivity contribution in [3.63, 3.8) is 0 Å². The summed E-state index contributed by atoms with van der Waals surface area (Å²) in [6.07, 6.45) is 2.31. The lowest BCUT2D eigenvalue weighted by Gasteiger charge is -2.01. The van der Waals surface area contributed by atoms with Crippen molar-refractivity contribution < 1.29 is 4.52 Å². The minimum absolute atomic E-state index is 0.114. The molecule has 1 unspecified atom stereocenters. The van der Waals surface area contributed by atoms with Gasteiger partial charge in [-0.15, -0.1) is 22.7 Å². The molecule has 0 spiro atoms. The molecule has 1 saturated carbocycles. The van der Waals surface area contributed by atoms with Crippen LogP contribution in [0.3, 0.4) is 0 Å². The van der Waals surface area contributed by atoms with Crippen LogP contribution in [0.2, 0.25) is 5.02 Å². The third-order valence-corrected chi connectivity index (χ3v) is 6.06. The van der Waals surface area contributed by atoms with Crippen molar-refractivity contribution in [2.75, 3.05) is 0 Å². The first-order chi connectivity index (χ1) is 9.24. The Bertz CT molecular complexity index is 743. The SMILES string of the molecule is NC(c1noc(-c2sc3sccc3c2Cl)n1)C1CC1. The van der Waals surface area contributed by atoms with Gasteiger partial charge in [-0.05, 0) is 30.2 Å². The molecule has 4 rings (SSSR count). The summed E-state index contributed by atoms with van der Waals surface area (Å²) in [4.78, 5) is 5.24. The van der Waals surface area contributed by atoms with Crippen molar-refractivity contribution in [1.29, 1.82) is 0 Å². The van der Waals surface area contributed by atoms with Crippen molar-refractivity contribution in [2.24, 2.45) is 11.7 Å². The van der Waals surface area contributed by atoms with Gasteiger partial charge in [-0.3, -0.25) is 0 Å². The van der Waals surface area contributed by atoms with Crippen molar-refractivity contribution in [1.82, 2.24) is 10.1 Å². The van der Waals surface area contributed by atoms with E-state index in [0.717, 1.165) is 23.1 Å². The molecule has 4 nitrogen and oxygen atoms in total. The third-order valence-electron chi connectivity index (χ3n) is 3.32. The maximum atomic E-state index is 6.35. The Morgan fingerprint density at radius 2 is 2.32 bits per heavy atom. The molecule has 0 saturated heterocycles. The first-order valence-corrected chi connectivity index (χ1v) is 8.06. The quantitative estimate of drug-likeness (QED) is 0.791. The largest absolute Gasteiger partial charge is 0.333 e. The Morgan fingerprint density at radius 3 is 3.05 bits per heavy atom. The Balaban J connectivity index is 1.75. The van der Waals surface area contributed by atoms with Gasteiger partial charge >= 0.3 is 0 Å². The second kappa shape index (κ2) is 4.28. The van der Waals surface area contributed by atoms with Crippen LogP contribution in [0.25, 0.3) is 20.2 Å². The minimum Gasteiger partial charge on any atom is -0.333 e. The number of halogens is 1. The van der Waals surface area contributed by atoms with Crippen molar-refractivity contribution >= 4 is 43.7 Å². The summed E-state index contributed by atoms with van der Waals surface area (Å²) >= 11 is 9.60. The van der Waals surface area contributed by atoms with Gasteiger partial charge in [-0.1, -0.05) is 16.8 Å². The maximum absolute atomic E-state index is 6.35. The molecule has 1 aliphatic carbocycles. The standard InChI is InChI=1S/C12H10ClN3OS2/c13-7-6-3-4-18-12(6)19-9(7)11-15-10(16-17-11)8(14)5-1-2-5/h3-5,8H,1-2,14H2. The molecule has 0 aromatic carbocycles. The highest BCUT2D eigenvalue weighted by atomic mass is 35.5. The number of thiophene rings is 2. The molecule has 0 radical (unpaired) electrons. The van der Waals surface area contributed by atoms with Gasteiger partial charge in [0.2, 0.25) is 0 Å². The number of nitrogens with two attached hydrogens (primary N) is 1. The molecular formula is C12H10ClN3OS2. The highest BCUT2D eigenvalue weighted by Gasteiger charge is 2.33. The number of hydrogen-bond acceptors (Lipinski definition) is 6. The Labute approximate surface area is 122 Å². The van der Waals surface area contributed by atoms with Gasteiger partial charge in [0.1, 0.15) is 4.88 Å². The van der Waals surface area contributed by atoms with Crippen LogP contribution in [0.1, 0.15) is 24.7 Å². The van der Waals surface area contributed by atoms with Crippen LogP contribution in [0.4, 0.5) is 0 Å². The molecule has 0 aliphatic heterocycles. The first-order valence-electron chi connectivity index (χ1n) is 5.99. The zero-order chi connectivity index (χ0) is 13.0. The van der Waals surface area contributed by atoms with Gasteiger partial charge in [-0.2, -0.15) is 4.98 Å². The number of rotatable bonds is 3. The second-order valence-electron chi connectivity index (χ2n) is 4.69. The summed E-state index contributed by atoms with van der Waals surface area (Å²) in [6, 6.07) is 1.90. The summed E-state index contributed by atoms with van der Waals surface area (Å²) in [5.41, 5.74) is 6.07. The molecule has 1 fully saturated rings. The third kappa shape index (κ3) is 1.90. The van der Waals surface area contributed by atoms with Crippen molar-refractivity contribution in [3.05, 3.63) is 22.3 Å². The normalized spacial score (nSPS) is 17.2. The van der Waals surface area contributed by atoms with Crippen molar-refractivity contribution in [3.8, 4) is 10.8 Å². The smallest absolute Gasteiger partial charge is 0.269 e. The van der Waals surface area contributed by atoms with E-state index < -0.39 is 0 Å². The molecule has 0 bridgehead atoms. The second-order valence-corrected chi connectivity index (χ2v) is 7.26. The van der Waals surface area contributed by atoms with Crippen LogP contribution in [-0.4, -0.2) is 10.1 Å². The van der Waals surface area contributed by atoms with E-state index in [0.29, 0.717) is 22.7 Å². The van der Waals surface area contributed by atoms with E-state index in [4.69, 9.17) is 21.9 Å². The van der Waals surface area contributed by atoms with Gasteiger partial charge in [0, 0.05) is 5.39 Å². The lowest BCUT2D eigenvalue weighted by atomic mass is 10.2. The molecule has 3 heterocycles. The summed E-state index contributed by atoms with van der Waals surface area (Å²) in [7, 11) is 0. The zero-order valence-electron chi connectivity index (χ0n) is 9.80. The van der Waals surface area contributed by atoms with Gasteiger partial charge in [0.05, 0.1) is 15.1 Å². The van der Waals surface area contributed by atoms with Crippen molar-refractivity contribution in [2.45, 2.75) is 18.9 Å². The number of fused-ring (bicyclic) bond motifs is 1. The molecule has 7 heteroatoms. The van der Waals surface area contributed by atoms with E-state index in [-0.39, 0.29) is 6.04 Å². The van der Waals surface area contributed by atoms with Crippen LogP contribution in [0.5, 0.6) is 0 Å². The lowest BCUT2D eigenvalue weighted by molar-refractivity contribution is 0.412. The lowest BCUT2D eigenvalue weighted by Crippen LogP contribution is -2.13. The fraction of sp³-hybridized carbons (Fsp3) is 0.333. The van der Waals surface area contributed by atoms with Crippen LogP contribution in [0, 0.1) is 5.92 Å². The Hall–Kier alpha value is -0.950. The van der Waals surface area contributed by atoms with Gasteiger partial charge in [0.15, 0.2) is 5.82 Å². The molecule has 3 aromatic heterocycles. The molecule has 0 amide bonds. The van der Waals surface area contributed by atoms with E-state index in [2.05, 4.69) is 10.1 Å². The average Bonchev–Trinajstić information content (AvgIpc) is 2.85. The van der Waals surface area contributed by atoms with Crippen LogP contribution in [0.15, 0.2) is 16.0 Å². The summed E-state index contributed by atoms with van der Waals surface area (Å²) in [5, 5.41) is 7.76. The Kier molecular flexibility index (Phi) is 2.66. The van der Waals surface area contributed by atoms with E-state index in [1.807, 2.05) is 11.4 Å². The fourth-order valence-electron chi connectivity index (χ4n) is 2.06. The van der Waals surface area contributed by atoms with Gasteiger partial charge in [0.25, 0.3) is 5.89 Å². The summed E-state index contributed by atoms with van der Waals surface area (Å²) in [5.74, 6) is 1.57. The summed E-state index contributed by atoms with van der Waals surface area (Å²) in [6.45, 7) is 0. The molecule has 1 atom stereocenters. The maximum Gasteiger partial charge on any atom is 0.269 e. The number of aromatic nitrogens is 2. The van der Waals surface area contributed by atoms with E-state index in [1.54, 1.807) is 22.7 Å². The predicted octanol–water partition coefficient (Wildman–Crippen LogP) is 4.08. The van der Waals surface area contributed by atoms with Gasteiger partial charge in [-0.25, -0.2) is 0 Å². The zero-order valence-corrected chi connectivity index (χ0v) is 12.2. The highest BCUT2D eigenvalue weighted by molar-refractivity contribution is 7.39. The van der Waals surface area contributed by atoms with E-state index in [1.165, 1.54) is 4.01 Å². The molecule has 3 aromatic rings. The van der Waals surface area contributed by atoms with E-state index in [9.17, 15) is 0 Å². The summed E-state index contributed by atoms with van der Waals surface area (Å²) < 4.78 is 6.49. The minimum atomic E-state index is -0.114. The molecule has 98 valence electrons. The molecule has 2 N–H and O–H groups in total. The van der Waals surface area contributed by atoms with E-state index >= 15 is 0 Å². The Morgan fingerprint density at radius 1 is 1.47 bits per heavy atom. The first kappa shape index (κ1) is 11.8. The van der Waals surface area contributed by atoms with Gasteiger partial charge < -0.3 is 10.3 Å². The van der Waals surface area contributed by atoms with Crippen LogP contribution < -0.4 is 5.73 Å².